The Morgan fingerprint density at radius 1 is 1.46 bits per heavy atom. The van der Waals surface area contributed by atoms with Crippen LogP contribution in [0.4, 0.5) is 5.69 Å². The van der Waals surface area contributed by atoms with Gasteiger partial charge in [0.25, 0.3) is 0 Å². The number of benzene rings is 1. The first-order valence-electron chi connectivity index (χ1n) is 3.61. The number of nitrogen functional groups attached to an aromatic ring is 1. The highest BCUT2D eigenvalue weighted by Gasteiger charge is 1.98. The van der Waals surface area contributed by atoms with Gasteiger partial charge in [0.15, 0.2) is 6.07 Å². The van der Waals surface area contributed by atoms with Crippen LogP contribution in [0, 0.1) is 23.2 Å². The third-order valence-electron chi connectivity index (χ3n) is 1.48. The Morgan fingerprint density at radius 2 is 2.23 bits per heavy atom. The van der Waals surface area contributed by atoms with Crippen molar-refractivity contribution in [3.63, 3.8) is 0 Å². The second kappa shape index (κ2) is 4.04. The highest BCUT2D eigenvalue weighted by Crippen LogP contribution is 2.19. The predicted molar refractivity (Wildman–Crippen MR) is 49.9 cm³/mol. The Labute approximate surface area is 76.7 Å². The fourth-order valence-electron chi connectivity index (χ4n) is 0.919. The quantitative estimate of drug-likeness (QED) is 0.510. The van der Waals surface area contributed by atoms with E-state index in [2.05, 4.69) is 11.8 Å². The molecule has 1 rings (SSSR count). The molecule has 0 unspecified atom stereocenters. The summed E-state index contributed by atoms with van der Waals surface area (Å²) in [4.78, 5) is 0. The normalized spacial score (nSPS) is 8.00. The maximum absolute atomic E-state index is 8.26. The number of rotatable bonds is 1. The van der Waals surface area contributed by atoms with Crippen molar-refractivity contribution in [2.45, 2.75) is 0 Å². The molecule has 0 saturated carbocycles. The molecule has 1 aromatic carbocycles. The lowest BCUT2D eigenvalue weighted by molar-refractivity contribution is 0.413. The molecule has 0 aliphatic carbocycles. The first kappa shape index (κ1) is 8.96. The van der Waals surface area contributed by atoms with Crippen LogP contribution >= 0.6 is 0 Å². The molecule has 0 bridgehead atoms. The smallest absolute Gasteiger partial charge is 0.152 e. The van der Waals surface area contributed by atoms with Crippen molar-refractivity contribution in [2.24, 2.45) is 0 Å². The van der Waals surface area contributed by atoms with Gasteiger partial charge >= 0.3 is 0 Å². The highest BCUT2D eigenvalue weighted by molar-refractivity contribution is 5.55. The Hall–Kier alpha value is -2.13. The maximum Gasteiger partial charge on any atom is 0.152 e. The molecule has 3 heteroatoms. The van der Waals surface area contributed by atoms with Crippen molar-refractivity contribution in [3.8, 4) is 23.7 Å². The fraction of sp³-hybridized carbons (Fsp3) is 0.100. The van der Waals surface area contributed by atoms with Crippen molar-refractivity contribution in [3.05, 3.63) is 23.8 Å². The van der Waals surface area contributed by atoms with Gasteiger partial charge in [-0.3, -0.25) is 0 Å². The van der Waals surface area contributed by atoms with Crippen molar-refractivity contribution >= 4 is 5.69 Å². The van der Waals surface area contributed by atoms with Gasteiger partial charge in [-0.25, -0.2) is 0 Å². The van der Waals surface area contributed by atoms with E-state index in [0.29, 0.717) is 17.0 Å². The largest absolute Gasteiger partial charge is 0.495 e. The molecule has 64 valence electrons. The van der Waals surface area contributed by atoms with E-state index in [1.165, 1.54) is 0 Å². The molecule has 0 aliphatic heterocycles. The molecule has 3 nitrogen and oxygen atoms in total. The monoisotopic (exact) mass is 172 g/mol. The molecule has 0 spiro atoms. The van der Waals surface area contributed by atoms with Crippen LogP contribution < -0.4 is 10.5 Å². The zero-order valence-corrected chi connectivity index (χ0v) is 7.16. The van der Waals surface area contributed by atoms with E-state index in [0.717, 1.165) is 0 Å². The predicted octanol–water partition coefficient (Wildman–Crippen LogP) is 1.15. The van der Waals surface area contributed by atoms with Crippen LogP contribution in [0.2, 0.25) is 0 Å². The second-order valence-electron chi connectivity index (χ2n) is 2.32. The summed E-state index contributed by atoms with van der Waals surface area (Å²) in [6.07, 6.45) is 0. The number of hydrogen-bond donors (Lipinski definition) is 1. The van der Waals surface area contributed by atoms with Crippen molar-refractivity contribution in [1.29, 1.82) is 5.26 Å². The summed E-state index contributed by atoms with van der Waals surface area (Å²) in [6.45, 7) is 0. The van der Waals surface area contributed by atoms with E-state index in [-0.39, 0.29) is 0 Å². The van der Waals surface area contributed by atoms with Crippen LogP contribution in [-0.2, 0) is 0 Å². The minimum Gasteiger partial charge on any atom is -0.495 e. The number of hydrogen-bond acceptors (Lipinski definition) is 3. The van der Waals surface area contributed by atoms with Crippen LogP contribution in [0.5, 0.6) is 5.75 Å². The number of nitrogens with zero attached hydrogens (tertiary/aromatic N) is 1. The summed E-state index contributed by atoms with van der Waals surface area (Å²) in [6, 6.07) is 6.84. The molecule has 0 atom stereocenters. The molecule has 0 radical (unpaired) electrons. The first-order valence-corrected chi connectivity index (χ1v) is 3.61. The number of nitrogens with two attached hydrogens (primary N) is 1. The molecule has 0 heterocycles. The summed E-state index contributed by atoms with van der Waals surface area (Å²) in [5.74, 6) is 5.55. The first-order chi connectivity index (χ1) is 6.27. The van der Waals surface area contributed by atoms with Crippen LogP contribution in [0.3, 0.4) is 0 Å². The number of ether oxygens (including phenoxy) is 1. The minimum atomic E-state index is 0.600. The lowest BCUT2D eigenvalue weighted by Gasteiger charge is -2.02. The molecule has 1 aromatic rings. The van der Waals surface area contributed by atoms with Crippen LogP contribution in [0.25, 0.3) is 0 Å². The summed E-state index contributed by atoms with van der Waals surface area (Å²) in [7, 11) is 1.54. The number of nitriles is 1. The molecule has 0 amide bonds. The van der Waals surface area contributed by atoms with Gasteiger partial charge in [-0.2, -0.15) is 5.26 Å². The molecule has 0 aliphatic rings. The van der Waals surface area contributed by atoms with Gasteiger partial charge in [-0.15, -0.1) is 0 Å². The summed E-state index contributed by atoms with van der Waals surface area (Å²) in [5.41, 5.74) is 6.78. The zero-order chi connectivity index (χ0) is 9.68. The van der Waals surface area contributed by atoms with E-state index in [1.54, 1.807) is 31.4 Å². The molecular formula is C10H8N2O. The van der Waals surface area contributed by atoms with Gasteiger partial charge in [0.1, 0.15) is 5.75 Å². The molecule has 13 heavy (non-hydrogen) atoms. The summed E-state index contributed by atoms with van der Waals surface area (Å²) in [5, 5.41) is 8.26. The average Bonchev–Trinajstić information content (AvgIpc) is 2.15. The van der Waals surface area contributed by atoms with E-state index >= 15 is 0 Å². The number of methoxy groups -OCH3 is 1. The summed E-state index contributed by atoms with van der Waals surface area (Å²) >= 11 is 0. The molecule has 0 aromatic heterocycles. The Kier molecular flexibility index (Phi) is 2.78. The lowest BCUT2D eigenvalue weighted by atomic mass is 10.2. The standard InChI is InChI=1S/C10H8N2O/c1-13-10-5-4-9(12)7-8(10)3-2-6-11/h4-5,7H,12H2,1H3. The fourth-order valence-corrected chi connectivity index (χ4v) is 0.919. The van der Waals surface area contributed by atoms with Gasteiger partial charge < -0.3 is 10.5 Å². The Morgan fingerprint density at radius 3 is 2.85 bits per heavy atom. The van der Waals surface area contributed by atoms with E-state index in [4.69, 9.17) is 15.7 Å². The lowest BCUT2D eigenvalue weighted by Crippen LogP contribution is -1.90. The van der Waals surface area contributed by atoms with Gasteiger partial charge in [-0.05, 0) is 24.1 Å². The van der Waals surface area contributed by atoms with Gasteiger partial charge in [-0.1, -0.05) is 0 Å². The Balaban J connectivity index is 3.17. The molecular weight excluding hydrogens is 164 g/mol. The minimum absolute atomic E-state index is 0.600. The van der Waals surface area contributed by atoms with E-state index in [1.807, 2.05) is 0 Å². The SMILES string of the molecule is COc1ccc(N)cc1C#CC#N. The molecule has 2 N–H and O–H groups in total. The Bertz CT molecular complexity index is 407. The van der Waals surface area contributed by atoms with Gasteiger partial charge in [0.05, 0.1) is 12.7 Å². The third kappa shape index (κ3) is 2.15. The van der Waals surface area contributed by atoms with E-state index in [9.17, 15) is 0 Å². The summed E-state index contributed by atoms with van der Waals surface area (Å²) < 4.78 is 5.03. The van der Waals surface area contributed by atoms with Crippen LogP contribution in [0.15, 0.2) is 18.2 Å². The van der Waals surface area contributed by atoms with Crippen molar-refractivity contribution < 1.29 is 4.74 Å². The maximum atomic E-state index is 8.26. The number of anilines is 1. The third-order valence-corrected chi connectivity index (χ3v) is 1.48. The highest BCUT2D eigenvalue weighted by atomic mass is 16.5. The second-order valence-corrected chi connectivity index (χ2v) is 2.32. The van der Waals surface area contributed by atoms with Crippen LogP contribution in [0.1, 0.15) is 5.56 Å². The van der Waals surface area contributed by atoms with Gasteiger partial charge in [0, 0.05) is 11.6 Å². The van der Waals surface area contributed by atoms with E-state index < -0.39 is 0 Å². The zero-order valence-electron chi connectivity index (χ0n) is 7.16. The average molecular weight is 172 g/mol. The molecule has 0 saturated heterocycles. The van der Waals surface area contributed by atoms with Gasteiger partial charge in [0.2, 0.25) is 0 Å². The molecule has 0 fully saturated rings. The van der Waals surface area contributed by atoms with Crippen LogP contribution in [-0.4, -0.2) is 7.11 Å². The topological polar surface area (TPSA) is 59.0 Å². The van der Waals surface area contributed by atoms with Crippen molar-refractivity contribution in [1.82, 2.24) is 0 Å². The van der Waals surface area contributed by atoms with Crippen molar-refractivity contribution in [2.75, 3.05) is 12.8 Å².